The maximum absolute atomic E-state index is 5.91. The Morgan fingerprint density at radius 3 is 2.57 bits per heavy atom. The van der Waals surface area contributed by atoms with Crippen molar-refractivity contribution in [2.75, 3.05) is 38.6 Å². The van der Waals surface area contributed by atoms with Crippen LogP contribution in [0.25, 0.3) is 0 Å². The van der Waals surface area contributed by atoms with Crippen LogP contribution in [0, 0.1) is 12.8 Å². The van der Waals surface area contributed by atoms with Gasteiger partial charge < -0.3 is 15.5 Å². The van der Waals surface area contributed by atoms with Crippen LogP contribution < -0.4 is 10.6 Å². The smallest absolute Gasteiger partial charge is 0.0366 e. The Hall–Kier alpha value is -1.06. The summed E-state index contributed by atoms with van der Waals surface area (Å²) >= 11 is 0. The highest BCUT2D eigenvalue weighted by Crippen LogP contribution is 2.23. The van der Waals surface area contributed by atoms with E-state index in [1.165, 1.54) is 49.3 Å². The van der Waals surface area contributed by atoms with Gasteiger partial charge in [0.1, 0.15) is 0 Å². The number of aryl methyl sites for hydroxylation is 1. The molecule has 1 unspecified atom stereocenters. The molecule has 0 aliphatic carbocycles. The summed E-state index contributed by atoms with van der Waals surface area (Å²) in [7, 11) is 4.44. The Bertz CT molecular complexity index is 448. The molecule has 0 aromatic heterocycles. The van der Waals surface area contributed by atoms with Gasteiger partial charge in [0, 0.05) is 25.3 Å². The first-order chi connectivity index (χ1) is 9.95. The Kier molecular flexibility index (Phi) is 5.65. The van der Waals surface area contributed by atoms with E-state index in [0.717, 1.165) is 12.3 Å². The average Bonchev–Trinajstić information content (AvgIpc) is 2.43. The van der Waals surface area contributed by atoms with E-state index < -0.39 is 0 Å². The van der Waals surface area contributed by atoms with Gasteiger partial charge in [0.15, 0.2) is 0 Å². The molecule has 1 aliphatic rings. The lowest BCUT2D eigenvalue weighted by Gasteiger charge is -2.32. The molecule has 0 spiro atoms. The molecular formula is C18H31N3. The molecule has 2 rings (SSSR count). The summed E-state index contributed by atoms with van der Waals surface area (Å²) < 4.78 is 0. The van der Waals surface area contributed by atoms with Crippen LogP contribution in [0.5, 0.6) is 0 Å². The molecule has 0 saturated carbocycles. The normalized spacial score (nSPS) is 18.7. The number of benzene rings is 1. The van der Waals surface area contributed by atoms with Gasteiger partial charge in [0.05, 0.1) is 0 Å². The Morgan fingerprint density at radius 1 is 1.33 bits per heavy atom. The van der Waals surface area contributed by atoms with Crippen molar-refractivity contribution in [3.05, 3.63) is 29.3 Å². The molecule has 1 atom stereocenters. The monoisotopic (exact) mass is 289 g/mol. The Morgan fingerprint density at radius 2 is 2.00 bits per heavy atom. The van der Waals surface area contributed by atoms with E-state index in [0.29, 0.717) is 0 Å². The van der Waals surface area contributed by atoms with E-state index >= 15 is 0 Å². The van der Waals surface area contributed by atoms with Crippen LogP contribution in [0.4, 0.5) is 5.69 Å². The number of piperidine rings is 1. The minimum Gasteiger partial charge on any atom is -0.374 e. The molecule has 1 fully saturated rings. The summed E-state index contributed by atoms with van der Waals surface area (Å²) in [5.74, 6) is 0.829. The van der Waals surface area contributed by atoms with Crippen LogP contribution in [-0.2, 0) is 6.42 Å². The lowest BCUT2D eigenvalue weighted by molar-refractivity contribution is 0.222. The first-order valence-electron chi connectivity index (χ1n) is 8.20. The minimum absolute atomic E-state index is 0.228. The van der Waals surface area contributed by atoms with Gasteiger partial charge in [-0.1, -0.05) is 6.07 Å². The maximum atomic E-state index is 5.91. The van der Waals surface area contributed by atoms with Crippen molar-refractivity contribution in [1.82, 2.24) is 4.90 Å². The predicted molar refractivity (Wildman–Crippen MR) is 92.0 cm³/mol. The number of nitrogens with zero attached hydrogens (tertiary/aromatic N) is 2. The van der Waals surface area contributed by atoms with Crippen LogP contribution in [0.1, 0.15) is 30.9 Å². The highest BCUT2D eigenvalue weighted by molar-refractivity contribution is 5.50. The molecule has 1 heterocycles. The van der Waals surface area contributed by atoms with E-state index in [9.17, 15) is 0 Å². The van der Waals surface area contributed by atoms with Crippen molar-refractivity contribution in [2.45, 2.75) is 39.2 Å². The molecule has 118 valence electrons. The van der Waals surface area contributed by atoms with Crippen molar-refractivity contribution >= 4 is 5.69 Å². The number of hydrogen-bond donors (Lipinski definition) is 1. The molecule has 2 N–H and O–H groups in total. The first kappa shape index (κ1) is 16.3. The Labute approximate surface area is 130 Å². The molecule has 1 aromatic rings. The van der Waals surface area contributed by atoms with Crippen molar-refractivity contribution in [3.63, 3.8) is 0 Å². The molecule has 21 heavy (non-hydrogen) atoms. The van der Waals surface area contributed by atoms with Crippen molar-refractivity contribution in [1.29, 1.82) is 0 Å². The third-order valence-electron chi connectivity index (χ3n) is 4.68. The van der Waals surface area contributed by atoms with Gasteiger partial charge in [0.2, 0.25) is 0 Å². The van der Waals surface area contributed by atoms with Gasteiger partial charge in [0.25, 0.3) is 0 Å². The number of hydrogen-bond acceptors (Lipinski definition) is 3. The maximum Gasteiger partial charge on any atom is 0.0366 e. The second-order valence-corrected chi connectivity index (χ2v) is 6.92. The van der Waals surface area contributed by atoms with Crippen LogP contribution in [0.2, 0.25) is 0 Å². The van der Waals surface area contributed by atoms with Crippen LogP contribution in [-0.4, -0.2) is 44.7 Å². The zero-order valence-corrected chi connectivity index (χ0v) is 14.1. The lowest BCUT2D eigenvalue weighted by atomic mass is 9.96. The van der Waals surface area contributed by atoms with E-state index in [2.05, 4.69) is 55.9 Å². The summed E-state index contributed by atoms with van der Waals surface area (Å²) in [5, 5.41) is 0. The van der Waals surface area contributed by atoms with Gasteiger partial charge in [-0.2, -0.15) is 0 Å². The van der Waals surface area contributed by atoms with E-state index in [-0.39, 0.29) is 6.04 Å². The number of rotatable bonds is 5. The quantitative estimate of drug-likeness (QED) is 0.904. The summed E-state index contributed by atoms with van der Waals surface area (Å²) in [4.78, 5) is 4.85. The van der Waals surface area contributed by atoms with E-state index in [1.54, 1.807) is 0 Å². The fraction of sp³-hybridized carbons (Fsp3) is 0.667. The summed E-state index contributed by atoms with van der Waals surface area (Å²) in [6, 6.07) is 7.04. The molecular weight excluding hydrogens is 258 g/mol. The highest BCUT2D eigenvalue weighted by Gasteiger charge is 2.18. The fourth-order valence-corrected chi connectivity index (χ4v) is 3.23. The van der Waals surface area contributed by atoms with Crippen LogP contribution >= 0.6 is 0 Å². The number of likely N-dealkylation sites (tertiary alicyclic amines) is 1. The summed E-state index contributed by atoms with van der Waals surface area (Å²) in [6.07, 6.45) is 3.61. The van der Waals surface area contributed by atoms with Crippen LogP contribution in [0.15, 0.2) is 18.2 Å². The van der Waals surface area contributed by atoms with Crippen molar-refractivity contribution in [2.24, 2.45) is 11.7 Å². The van der Waals surface area contributed by atoms with Gasteiger partial charge >= 0.3 is 0 Å². The lowest BCUT2D eigenvalue weighted by Crippen LogP contribution is -2.35. The molecule has 0 bridgehead atoms. The third-order valence-corrected chi connectivity index (χ3v) is 4.68. The van der Waals surface area contributed by atoms with Gasteiger partial charge in [-0.15, -0.1) is 0 Å². The largest absolute Gasteiger partial charge is 0.374 e. The number of nitrogens with two attached hydrogens (primary N) is 1. The summed E-state index contributed by atoms with van der Waals surface area (Å²) in [6.45, 7) is 7.92. The predicted octanol–water partition coefficient (Wildman–Crippen LogP) is 2.66. The second kappa shape index (κ2) is 7.28. The first-order valence-corrected chi connectivity index (χ1v) is 8.20. The molecule has 1 aliphatic heterocycles. The van der Waals surface area contributed by atoms with Gasteiger partial charge in [-0.25, -0.2) is 0 Å². The SMILES string of the molecule is Cc1cc(N(C)CC2CCN(C)CC2)ccc1CC(C)N. The van der Waals surface area contributed by atoms with Gasteiger partial charge in [-0.3, -0.25) is 0 Å². The molecule has 1 saturated heterocycles. The standard InChI is InChI=1S/C18H31N3/c1-14-11-18(6-5-17(14)12-15(2)19)21(4)13-16-7-9-20(3)10-8-16/h5-6,11,15-16H,7-10,12-13,19H2,1-4H3. The zero-order chi connectivity index (χ0) is 15.4. The third kappa shape index (κ3) is 4.72. The second-order valence-electron chi connectivity index (χ2n) is 6.92. The average molecular weight is 289 g/mol. The summed E-state index contributed by atoms with van der Waals surface area (Å²) in [5.41, 5.74) is 9.98. The van der Waals surface area contributed by atoms with Gasteiger partial charge in [-0.05, 0) is 82.4 Å². The number of anilines is 1. The van der Waals surface area contributed by atoms with Crippen molar-refractivity contribution < 1.29 is 0 Å². The Balaban J connectivity index is 1.96. The highest BCUT2D eigenvalue weighted by atomic mass is 15.1. The van der Waals surface area contributed by atoms with Crippen molar-refractivity contribution in [3.8, 4) is 0 Å². The topological polar surface area (TPSA) is 32.5 Å². The molecule has 1 aromatic carbocycles. The molecule has 0 radical (unpaired) electrons. The molecule has 3 nitrogen and oxygen atoms in total. The minimum atomic E-state index is 0.228. The molecule has 3 heteroatoms. The van der Waals surface area contributed by atoms with E-state index in [1.807, 2.05) is 0 Å². The zero-order valence-electron chi connectivity index (χ0n) is 14.1. The molecule has 0 amide bonds. The fourth-order valence-electron chi connectivity index (χ4n) is 3.23. The van der Waals surface area contributed by atoms with E-state index in [4.69, 9.17) is 5.73 Å². The van der Waals surface area contributed by atoms with Crippen LogP contribution in [0.3, 0.4) is 0 Å².